The van der Waals surface area contributed by atoms with E-state index < -0.39 is 0 Å². The smallest absolute Gasteiger partial charge is 0.243 e. The fourth-order valence-corrected chi connectivity index (χ4v) is 1.42. The number of rotatable bonds is 1. The summed E-state index contributed by atoms with van der Waals surface area (Å²) in [5.41, 5.74) is 2.08. The van der Waals surface area contributed by atoms with Crippen LogP contribution < -0.4 is 4.73 Å². The second-order valence-electron chi connectivity index (χ2n) is 3.45. The number of fused-ring (bicyclic) bond motifs is 1. The fraction of sp³-hybridized carbons (Fsp3) is 0.182. The summed E-state index contributed by atoms with van der Waals surface area (Å²) in [6, 6.07) is 4.93. The molecule has 1 aromatic carbocycles. The quantitative estimate of drug-likeness (QED) is 0.399. The Morgan fingerprint density at radius 1 is 1.47 bits per heavy atom. The molecule has 0 aliphatic rings. The number of nitrogens with zero attached hydrogens (tertiary/aromatic N) is 2. The zero-order chi connectivity index (χ0) is 11.0. The first-order chi connectivity index (χ1) is 7.09. The Bertz CT molecular complexity index is 550. The molecule has 0 radical (unpaired) electrons. The van der Waals surface area contributed by atoms with Crippen molar-refractivity contribution in [2.45, 2.75) is 13.8 Å². The first-order valence-electron chi connectivity index (χ1n) is 4.59. The van der Waals surface area contributed by atoms with Crippen LogP contribution in [-0.2, 0) is 0 Å². The molecule has 0 amide bonds. The van der Waals surface area contributed by atoms with Crippen LogP contribution in [0.2, 0.25) is 0 Å². The lowest BCUT2D eigenvalue weighted by atomic mass is 10.1. The largest absolute Gasteiger partial charge is 0.618 e. The summed E-state index contributed by atoms with van der Waals surface area (Å²) in [7, 11) is 0. The van der Waals surface area contributed by atoms with Crippen LogP contribution >= 0.6 is 0 Å². The maximum Gasteiger partial charge on any atom is 0.243 e. The molecule has 0 saturated carbocycles. The maximum atomic E-state index is 11.7. The Morgan fingerprint density at radius 2 is 2.20 bits per heavy atom. The van der Waals surface area contributed by atoms with E-state index in [1.807, 2.05) is 0 Å². The molecule has 0 aliphatic carbocycles. The van der Waals surface area contributed by atoms with Crippen LogP contribution in [0.15, 0.2) is 24.4 Å². The lowest BCUT2D eigenvalue weighted by Crippen LogP contribution is -2.31. The van der Waals surface area contributed by atoms with Gasteiger partial charge in [-0.2, -0.15) is 4.73 Å². The van der Waals surface area contributed by atoms with E-state index in [2.05, 4.69) is 4.98 Å². The summed E-state index contributed by atoms with van der Waals surface area (Å²) in [5, 5.41) is 11.7. The number of carbonyl (C=O) groups excluding carboxylic acids is 1. The van der Waals surface area contributed by atoms with Crippen LogP contribution in [-0.4, -0.2) is 10.8 Å². The van der Waals surface area contributed by atoms with Gasteiger partial charge in [-0.25, -0.2) is 4.98 Å². The second kappa shape index (κ2) is 3.31. The topological polar surface area (TPSA) is 56.9 Å². The Morgan fingerprint density at radius 3 is 2.87 bits per heavy atom. The molecule has 1 aromatic heterocycles. The number of hydrogen-bond acceptors (Lipinski definition) is 3. The Kier molecular flexibility index (Phi) is 2.11. The lowest BCUT2D eigenvalue weighted by Gasteiger charge is -2.04. The molecule has 0 spiro atoms. The molecule has 0 aliphatic heterocycles. The highest BCUT2D eigenvalue weighted by Gasteiger charge is 2.10. The monoisotopic (exact) mass is 202 g/mol. The van der Waals surface area contributed by atoms with E-state index in [1.54, 1.807) is 25.1 Å². The van der Waals surface area contributed by atoms with E-state index in [0.29, 0.717) is 22.3 Å². The summed E-state index contributed by atoms with van der Waals surface area (Å²) in [5.74, 6) is -0.0570. The maximum absolute atomic E-state index is 11.7. The van der Waals surface area contributed by atoms with Crippen LogP contribution in [0.5, 0.6) is 0 Å². The third kappa shape index (κ3) is 1.54. The van der Waals surface area contributed by atoms with Gasteiger partial charge in [-0.05, 0) is 19.1 Å². The van der Waals surface area contributed by atoms with Crippen LogP contribution in [0.3, 0.4) is 0 Å². The van der Waals surface area contributed by atoms with E-state index in [0.717, 1.165) is 4.73 Å². The number of ketones is 1. The van der Waals surface area contributed by atoms with Crippen molar-refractivity contribution in [3.8, 4) is 0 Å². The average Bonchev–Trinajstić information content (AvgIpc) is 2.23. The summed E-state index contributed by atoms with van der Waals surface area (Å²) < 4.78 is 0.786. The van der Waals surface area contributed by atoms with E-state index in [1.165, 1.54) is 13.1 Å². The highest BCUT2D eigenvalue weighted by atomic mass is 16.5. The zero-order valence-electron chi connectivity index (χ0n) is 8.52. The minimum absolute atomic E-state index is 0.0570. The molecule has 0 atom stereocenters. The Labute approximate surface area is 86.8 Å². The van der Waals surface area contributed by atoms with Crippen molar-refractivity contribution >= 4 is 16.8 Å². The minimum Gasteiger partial charge on any atom is -0.618 e. The minimum atomic E-state index is -0.0570. The molecular formula is C11H10N2O2. The first-order valence-corrected chi connectivity index (χ1v) is 4.59. The van der Waals surface area contributed by atoms with Gasteiger partial charge in [0.1, 0.15) is 5.52 Å². The fourth-order valence-electron chi connectivity index (χ4n) is 1.42. The lowest BCUT2D eigenvalue weighted by molar-refractivity contribution is -0.584. The molecule has 2 rings (SSSR count). The summed E-state index contributed by atoms with van der Waals surface area (Å²) >= 11 is 0. The molecule has 2 aromatic rings. The number of Topliss-reactive ketones (excluding diaryl/α,β-unsaturated/α-hetero) is 1. The van der Waals surface area contributed by atoms with Crippen molar-refractivity contribution in [3.63, 3.8) is 0 Å². The predicted octanol–water partition coefficient (Wildman–Crippen LogP) is 1.38. The van der Waals surface area contributed by atoms with E-state index in [4.69, 9.17) is 0 Å². The molecule has 76 valence electrons. The normalized spacial score (nSPS) is 10.5. The predicted molar refractivity (Wildman–Crippen MR) is 55.4 cm³/mol. The van der Waals surface area contributed by atoms with E-state index >= 15 is 0 Å². The van der Waals surface area contributed by atoms with Crippen molar-refractivity contribution < 1.29 is 9.52 Å². The third-order valence-corrected chi connectivity index (χ3v) is 2.31. The molecule has 4 nitrogen and oxygen atoms in total. The number of aryl methyl sites for hydroxylation is 1. The second-order valence-corrected chi connectivity index (χ2v) is 3.45. The van der Waals surface area contributed by atoms with E-state index in [-0.39, 0.29) is 5.78 Å². The molecule has 4 heteroatoms. The molecule has 0 N–H and O–H groups in total. The van der Waals surface area contributed by atoms with Gasteiger partial charge in [-0.15, -0.1) is 0 Å². The molecule has 0 saturated heterocycles. The average molecular weight is 202 g/mol. The number of hydrogen-bond donors (Lipinski definition) is 0. The third-order valence-electron chi connectivity index (χ3n) is 2.31. The molecule has 15 heavy (non-hydrogen) atoms. The van der Waals surface area contributed by atoms with Gasteiger partial charge < -0.3 is 5.21 Å². The zero-order valence-corrected chi connectivity index (χ0v) is 8.52. The van der Waals surface area contributed by atoms with Crippen molar-refractivity contribution in [2.75, 3.05) is 0 Å². The van der Waals surface area contributed by atoms with Crippen LogP contribution in [0.25, 0.3) is 11.0 Å². The highest BCUT2D eigenvalue weighted by molar-refractivity contribution is 5.96. The van der Waals surface area contributed by atoms with Crippen molar-refractivity contribution in [3.05, 3.63) is 40.9 Å². The van der Waals surface area contributed by atoms with Gasteiger partial charge in [0.05, 0.1) is 6.20 Å². The summed E-state index contributed by atoms with van der Waals surface area (Å²) in [6.45, 7) is 3.15. The van der Waals surface area contributed by atoms with Crippen molar-refractivity contribution in [1.29, 1.82) is 0 Å². The molecule has 0 fully saturated rings. The van der Waals surface area contributed by atoms with Crippen molar-refractivity contribution in [2.24, 2.45) is 0 Å². The molecular weight excluding hydrogens is 192 g/mol. The van der Waals surface area contributed by atoms with Gasteiger partial charge in [0.15, 0.2) is 5.78 Å². The van der Waals surface area contributed by atoms with Gasteiger partial charge >= 0.3 is 0 Å². The van der Waals surface area contributed by atoms with Gasteiger partial charge in [0, 0.05) is 18.6 Å². The van der Waals surface area contributed by atoms with E-state index in [9.17, 15) is 10.0 Å². The summed E-state index contributed by atoms with van der Waals surface area (Å²) in [4.78, 5) is 15.3. The standard InChI is InChI=1S/C11H10N2O2/c1-7-6-12-10-4-3-9(8(2)14)5-11(10)13(7)15/h3-6H,1-2H3. The Hall–Kier alpha value is -1.97. The van der Waals surface area contributed by atoms with Crippen LogP contribution in [0.4, 0.5) is 0 Å². The van der Waals surface area contributed by atoms with Crippen molar-refractivity contribution in [1.82, 2.24) is 4.98 Å². The first kappa shape index (κ1) is 9.58. The van der Waals surface area contributed by atoms with Gasteiger partial charge in [0.25, 0.3) is 0 Å². The molecule has 0 unspecified atom stereocenters. The molecule has 0 bridgehead atoms. The van der Waals surface area contributed by atoms with Gasteiger partial charge in [0.2, 0.25) is 11.2 Å². The number of carbonyl (C=O) groups is 1. The van der Waals surface area contributed by atoms with Crippen LogP contribution in [0, 0.1) is 12.1 Å². The molecule has 1 heterocycles. The van der Waals surface area contributed by atoms with Crippen LogP contribution in [0.1, 0.15) is 23.0 Å². The summed E-state index contributed by atoms with van der Waals surface area (Å²) in [6.07, 6.45) is 1.52. The Balaban J connectivity index is 2.79. The highest BCUT2D eigenvalue weighted by Crippen LogP contribution is 2.11. The van der Waals surface area contributed by atoms with Gasteiger partial charge in [-0.1, -0.05) is 0 Å². The van der Waals surface area contributed by atoms with Gasteiger partial charge in [-0.3, -0.25) is 4.79 Å². The SMILES string of the molecule is CC(=O)c1ccc2ncc(C)[n+]([O-])c2c1. The number of benzene rings is 1. The number of aromatic nitrogens is 2.